The fourth-order valence-electron chi connectivity index (χ4n) is 3.00. The number of benzene rings is 1. The summed E-state index contributed by atoms with van der Waals surface area (Å²) in [5.74, 6) is -0.106. The molecule has 0 saturated heterocycles. The van der Waals surface area contributed by atoms with Crippen LogP contribution in [0.5, 0.6) is 0 Å². The van der Waals surface area contributed by atoms with Crippen LogP contribution in [0.4, 0.5) is 0 Å². The number of para-hydroxylation sites is 1. The SMILES string of the molecule is CCCCC(CN)NC(=O)c1cc(-c2ccncc2)nc2ccccc12.Cl.Cl. The van der Waals surface area contributed by atoms with E-state index in [2.05, 4.69) is 17.2 Å². The number of nitrogens with one attached hydrogen (secondary N) is 1. The third-order valence-electron chi connectivity index (χ3n) is 4.46. The highest BCUT2D eigenvalue weighted by molar-refractivity contribution is 6.07. The van der Waals surface area contributed by atoms with Crippen LogP contribution in [0.2, 0.25) is 0 Å². The Kier molecular flexibility index (Phi) is 9.87. The molecule has 0 spiro atoms. The van der Waals surface area contributed by atoms with E-state index >= 15 is 0 Å². The molecule has 0 bridgehead atoms. The Morgan fingerprint density at radius 1 is 1.14 bits per heavy atom. The minimum atomic E-state index is -0.106. The van der Waals surface area contributed by atoms with E-state index < -0.39 is 0 Å². The fourth-order valence-corrected chi connectivity index (χ4v) is 3.00. The van der Waals surface area contributed by atoms with Crippen LogP contribution in [0.3, 0.4) is 0 Å². The van der Waals surface area contributed by atoms with Gasteiger partial charge >= 0.3 is 0 Å². The zero-order chi connectivity index (χ0) is 18.4. The number of carbonyl (C=O) groups is 1. The van der Waals surface area contributed by atoms with Gasteiger partial charge in [0, 0.05) is 35.9 Å². The number of halogens is 2. The quantitative estimate of drug-likeness (QED) is 0.593. The van der Waals surface area contributed by atoms with Crippen molar-refractivity contribution in [3.05, 3.63) is 60.4 Å². The maximum atomic E-state index is 13.0. The second-order valence-electron chi connectivity index (χ2n) is 6.36. The van der Waals surface area contributed by atoms with Gasteiger partial charge in [-0.15, -0.1) is 24.8 Å². The number of nitrogens with zero attached hydrogens (tertiary/aromatic N) is 2. The minimum Gasteiger partial charge on any atom is -0.348 e. The molecule has 7 heteroatoms. The molecular weight excluding hydrogens is 395 g/mol. The number of hydrogen-bond donors (Lipinski definition) is 2. The van der Waals surface area contributed by atoms with Gasteiger partial charge in [0.25, 0.3) is 5.91 Å². The van der Waals surface area contributed by atoms with Crippen LogP contribution in [0.15, 0.2) is 54.9 Å². The fraction of sp³-hybridized carbons (Fsp3) is 0.286. The molecule has 1 amide bonds. The first kappa shape index (κ1) is 23.8. The average Bonchev–Trinajstić information content (AvgIpc) is 2.70. The first-order valence-corrected chi connectivity index (χ1v) is 9.04. The number of amides is 1. The predicted molar refractivity (Wildman–Crippen MR) is 119 cm³/mol. The molecule has 0 saturated carbocycles. The molecule has 3 rings (SSSR count). The van der Waals surface area contributed by atoms with Gasteiger partial charge in [-0.2, -0.15) is 0 Å². The van der Waals surface area contributed by atoms with Crippen molar-refractivity contribution in [2.45, 2.75) is 32.2 Å². The summed E-state index contributed by atoms with van der Waals surface area (Å²) < 4.78 is 0. The molecule has 1 atom stereocenters. The number of unbranched alkanes of at least 4 members (excludes halogenated alkanes) is 1. The molecule has 0 radical (unpaired) electrons. The van der Waals surface area contributed by atoms with E-state index in [0.29, 0.717) is 12.1 Å². The lowest BCUT2D eigenvalue weighted by Crippen LogP contribution is -2.40. The topological polar surface area (TPSA) is 80.9 Å². The predicted octanol–water partition coefficient (Wildman–Crippen LogP) is 4.39. The molecular formula is C21H26Cl2N4O. The average molecular weight is 421 g/mol. The molecule has 1 unspecified atom stereocenters. The third kappa shape index (κ3) is 5.64. The number of fused-ring (bicyclic) bond motifs is 1. The first-order chi connectivity index (χ1) is 12.7. The third-order valence-corrected chi connectivity index (χ3v) is 4.46. The van der Waals surface area contributed by atoms with Crippen molar-refractivity contribution in [1.82, 2.24) is 15.3 Å². The molecule has 150 valence electrons. The molecule has 1 aromatic carbocycles. The highest BCUT2D eigenvalue weighted by Crippen LogP contribution is 2.24. The Morgan fingerprint density at radius 3 is 2.54 bits per heavy atom. The van der Waals surface area contributed by atoms with E-state index in [-0.39, 0.29) is 36.8 Å². The van der Waals surface area contributed by atoms with Crippen LogP contribution < -0.4 is 11.1 Å². The highest BCUT2D eigenvalue weighted by Gasteiger charge is 2.17. The molecule has 0 aliphatic rings. The number of nitrogens with two attached hydrogens (primary N) is 1. The standard InChI is InChI=1S/C21H24N4O.2ClH/c1-2-3-6-16(14-22)24-21(26)18-13-20(15-9-11-23-12-10-15)25-19-8-5-4-7-17(18)19;;/h4-5,7-13,16H,2-3,6,14,22H2,1H3,(H,24,26);2*1H. The van der Waals surface area contributed by atoms with E-state index in [4.69, 9.17) is 10.7 Å². The zero-order valence-corrected chi connectivity index (χ0v) is 17.4. The Labute approximate surface area is 178 Å². The minimum absolute atomic E-state index is 0. The summed E-state index contributed by atoms with van der Waals surface area (Å²) >= 11 is 0. The van der Waals surface area contributed by atoms with Gasteiger partial charge in [-0.05, 0) is 30.7 Å². The van der Waals surface area contributed by atoms with Crippen molar-refractivity contribution >= 4 is 41.6 Å². The molecule has 5 nitrogen and oxygen atoms in total. The summed E-state index contributed by atoms with van der Waals surface area (Å²) in [6.45, 7) is 2.57. The summed E-state index contributed by atoms with van der Waals surface area (Å²) in [7, 11) is 0. The molecule has 2 aromatic heterocycles. The van der Waals surface area contributed by atoms with Crippen molar-refractivity contribution in [3.63, 3.8) is 0 Å². The Balaban J connectivity index is 0.00000196. The second-order valence-corrected chi connectivity index (χ2v) is 6.36. The first-order valence-electron chi connectivity index (χ1n) is 9.04. The van der Waals surface area contributed by atoms with Crippen LogP contribution in [0.1, 0.15) is 36.5 Å². The molecule has 0 aliphatic heterocycles. The van der Waals surface area contributed by atoms with Gasteiger partial charge < -0.3 is 11.1 Å². The smallest absolute Gasteiger partial charge is 0.252 e. The summed E-state index contributed by atoms with van der Waals surface area (Å²) in [4.78, 5) is 21.7. The summed E-state index contributed by atoms with van der Waals surface area (Å²) in [5, 5.41) is 3.93. The number of hydrogen-bond acceptors (Lipinski definition) is 4. The van der Waals surface area contributed by atoms with Crippen LogP contribution in [0.25, 0.3) is 22.2 Å². The maximum Gasteiger partial charge on any atom is 0.252 e. The van der Waals surface area contributed by atoms with Gasteiger partial charge in [0.15, 0.2) is 0 Å². The Morgan fingerprint density at radius 2 is 1.86 bits per heavy atom. The van der Waals surface area contributed by atoms with Crippen LogP contribution in [-0.4, -0.2) is 28.5 Å². The lowest BCUT2D eigenvalue weighted by molar-refractivity contribution is 0.0937. The number of pyridine rings is 2. The number of rotatable bonds is 7. The largest absolute Gasteiger partial charge is 0.348 e. The van der Waals surface area contributed by atoms with Crippen molar-refractivity contribution in [1.29, 1.82) is 0 Å². The highest BCUT2D eigenvalue weighted by atomic mass is 35.5. The molecule has 3 N–H and O–H groups in total. The van der Waals surface area contributed by atoms with Gasteiger partial charge in [-0.3, -0.25) is 9.78 Å². The van der Waals surface area contributed by atoms with E-state index in [0.717, 1.165) is 41.4 Å². The van der Waals surface area contributed by atoms with Crippen molar-refractivity contribution in [2.24, 2.45) is 5.73 Å². The van der Waals surface area contributed by atoms with Gasteiger partial charge in [-0.25, -0.2) is 4.98 Å². The van der Waals surface area contributed by atoms with Gasteiger partial charge in [0.05, 0.1) is 16.8 Å². The van der Waals surface area contributed by atoms with Gasteiger partial charge in [-0.1, -0.05) is 38.0 Å². The van der Waals surface area contributed by atoms with Gasteiger partial charge in [0.2, 0.25) is 0 Å². The van der Waals surface area contributed by atoms with Crippen LogP contribution in [-0.2, 0) is 0 Å². The summed E-state index contributed by atoms with van der Waals surface area (Å²) in [6, 6.07) is 13.3. The van der Waals surface area contributed by atoms with E-state index in [1.54, 1.807) is 12.4 Å². The van der Waals surface area contributed by atoms with Gasteiger partial charge in [0.1, 0.15) is 0 Å². The van der Waals surface area contributed by atoms with Crippen molar-refractivity contribution in [3.8, 4) is 11.3 Å². The number of carbonyl (C=O) groups excluding carboxylic acids is 1. The lowest BCUT2D eigenvalue weighted by Gasteiger charge is -2.17. The molecule has 2 heterocycles. The van der Waals surface area contributed by atoms with Crippen molar-refractivity contribution in [2.75, 3.05) is 6.54 Å². The lowest BCUT2D eigenvalue weighted by atomic mass is 10.0. The molecule has 0 aliphatic carbocycles. The van der Waals surface area contributed by atoms with Crippen LogP contribution in [0, 0.1) is 0 Å². The molecule has 3 aromatic rings. The van der Waals surface area contributed by atoms with Crippen LogP contribution >= 0.6 is 24.8 Å². The Hall–Kier alpha value is -2.21. The Bertz CT molecular complexity index is 890. The van der Waals surface area contributed by atoms with E-state index in [1.807, 2.05) is 42.5 Å². The second kappa shape index (κ2) is 11.6. The normalized spacial score (nSPS) is 11.2. The molecule has 28 heavy (non-hydrogen) atoms. The molecule has 0 fully saturated rings. The maximum absolute atomic E-state index is 13.0. The zero-order valence-electron chi connectivity index (χ0n) is 15.8. The number of aromatic nitrogens is 2. The summed E-state index contributed by atoms with van der Waals surface area (Å²) in [6.07, 6.45) is 6.46. The monoisotopic (exact) mass is 420 g/mol. The van der Waals surface area contributed by atoms with Crippen molar-refractivity contribution < 1.29 is 4.79 Å². The van der Waals surface area contributed by atoms with E-state index in [1.165, 1.54) is 0 Å². The van der Waals surface area contributed by atoms with E-state index in [9.17, 15) is 4.79 Å². The summed E-state index contributed by atoms with van der Waals surface area (Å²) in [5.41, 5.74) is 8.95.